The van der Waals surface area contributed by atoms with Crippen LogP contribution in [-0.2, 0) is 14.8 Å². The molecular formula is C17H20N2O4S. The fraction of sp³-hybridized carbons (Fsp3) is 0.235. The number of aryl methyl sites for hydroxylation is 1. The summed E-state index contributed by atoms with van der Waals surface area (Å²) in [7, 11) is -0.896. The fourth-order valence-corrected chi connectivity index (χ4v) is 3.76. The third-order valence-corrected chi connectivity index (χ3v) is 5.33. The zero-order valence-electron chi connectivity index (χ0n) is 13.8. The van der Waals surface area contributed by atoms with Crippen LogP contribution in [-0.4, -0.2) is 35.0 Å². The van der Waals surface area contributed by atoms with Crippen LogP contribution < -0.4 is 14.4 Å². The van der Waals surface area contributed by atoms with E-state index in [1.165, 1.54) is 26.3 Å². The number of nitrogens with one attached hydrogen (secondary N) is 1. The van der Waals surface area contributed by atoms with E-state index in [0.717, 1.165) is 4.31 Å². The molecule has 0 unspecified atom stereocenters. The first kappa shape index (κ1) is 17.8. The zero-order chi connectivity index (χ0) is 17.7. The summed E-state index contributed by atoms with van der Waals surface area (Å²) in [6, 6.07) is 13.1. The second-order valence-corrected chi connectivity index (χ2v) is 7.01. The SMILES string of the molecule is CNC(=O)CN(c1ccccc1)S(=O)(=O)c1ccc(OC)c(C)c1. The first-order valence-electron chi connectivity index (χ1n) is 7.33. The number of nitrogens with zero attached hydrogens (tertiary/aromatic N) is 1. The highest BCUT2D eigenvalue weighted by Crippen LogP contribution is 2.27. The number of rotatable bonds is 6. The van der Waals surface area contributed by atoms with E-state index in [9.17, 15) is 13.2 Å². The molecule has 128 valence electrons. The number of methoxy groups -OCH3 is 1. The van der Waals surface area contributed by atoms with Crippen LogP contribution in [0.4, 0.5) is 5.69 Å². The van der Waals surface area contributed by atoms with Gasteiger partial charge in [-0.25, -0.2) is 8.42 Å². The van der Waals surface area contributed by atoms with E-state index >= 15 is 0 Å². The Balaban J connectivity index is 2.51. The molecule has 2 aromatic rings. The van der Waals surface area contributed by atoms with Gasteiger partial charge in [0.25, 0.3) is 10.0 Å². The summed E-state index contributed by atoms with van der Waals surface area (Å²) in [5, 5.41) is 2.45. The Morgan fingerprint density at radius 1 is 1.17 bits per heavy atom. The largest absolute Gasteiger partial charge is 0.496 e. The number of amides is 1. The lowest BCUT2D eigenvalue weighted by atomic mass is 10.2. The van der Waals surface area contributed by atoms with Crippen LogP contribution in [0.2, 0.25) is 0 Å². The maximum atomic E-state index is 13.0. The van der Waals surface area contributed by atoms with Crippen molar-refractivity contribution in [2.75, 3.05) is 25.0 Å². The van der Waals surface area contributed by atoms with Gasteiger partial charge in [-0.1, -0.05) is 18.2 Å². The van der Waals surface area contributed by atoms with Crippen LogP contribution >= 0.6 is 0 Å². The van der Waals surface area contributed by atoms with E-state index in [2.05, 4.69) is 5.32 Å². The molecule has 0 aromatic heterocycles. The molecule has 7 heteroatoms. The van der Waals surface area contributed by atoms with Crippen LogP contribution in [0, 0.1) is 6.92 Å². The minimum absolute atomic E-state index is 0.105. The summed E-state index contributed by atoms with van der Waals surface area (Å²) in [5.74, 6) is 0.208. The predicted octanol–water partition coefficient (Wildman–Crippen LogP) is 1.94. The molecule has 0 bridgehead atoms. The first-order chi connectivity index (χ1) is 11.4. The summed E-state index contributed by atoms with van der Waals surface area (Å²) >= 11 is 0. The summed E-state index contributed by atoms with van der Waals surface area (Å²) in [6.45, 7) is 1.47. The molecule has 0 fully saturated rings. The van der Waals surface area contributed by atoms with E-state index in [-0.39, 0.29) is 11.4 Å². The normalized spacial score (nSPS) is 11.0. The molecule has 1 amide bonds. The smallest absolute Gasteiger partial charge is 0.264 e. The number of hydrogen-bond acceptors (Lipinski definition) is 4. The Bertz CT molecular complexity index is 820. The molecule has 24 heavy (non-hydrogen) atoms. The third-order valence-electron chi connectivity index (χ3n) is 3.56. The van der Waals surface area contributed by atoms with E-state index < -0.39 is 15.9 Å². The number of benzene rings is 2. The Labute approximate surface area is 142 Å². The van der Waals surface area contributed by atoms with Gasteiger partial charge in [-0.3, -0.25) is 9.10 Å². The molecule has 0 spiro atoms. The molecule has 2 rings (SSSR count). The van der Waals surface area contributed by atoms with Gasteiger partial charge in [0.05, 0.1) is 17.7 Å². The molecule has 0 aliphatic heterocycles. The number of anilines is 1. The average molecular weight is 348 g/mol. The number of ether oxygens (including phenoxy) is 1. The van der Waals surface area contributed by atoms with Gasteiger partial charge in [-0.15, -0.1) is 0 Å². The maximum Gasteiger partial charge on any atom is 0.264 e. The number of likely N-dealkylation sites (N-methyl/N-ethyl adjacent to an activating group) is 1. The zero-order valence-corrected chi connectivity index (χ0v) is 14.6. The van der Waals surface area contributed by atoms with Gasteiger partial charge >= 0.3 is 0 Å². The van der Waals surface area contributed by atoms with Gasteiger partial charge < -0.3 is 10.1 Å². The van der Waals surface area contributed by atoms with Crippen molar-refractivity contribution in [3.63, 3.8) is 0 Å². The Hall–Kier alpha value is -2.54. The second kappa shape index (κ2) is 7.35. The van der Waals surface area contributed by atoms with Gasteiger partial charge in [-0.05, 0) is 42.8 Å². The number of sulfonamides is 1. The molecule has 0 heterocycles. The van der Waals surface area contributed by atoms with Crippen molar-refractivity contribution in [3.05, 3.63) is 54.1 Å². The summed E-state index contributed by atoms with van der Waals surface area (Å²) < 4.78 is 32.3. The Morgan fingerprint density at radius 3 is 2.38 bits per heavy atom. The number of para-hydroxylation sites is 1. The van der Waals surface area contributed by atoms with Crippen molar-refractivity contribution in [2.45, 2.75) is 11.8 Å². The molecule has 2 aromatic carbocycles. The molecular weight excluding hydrogens is 328 g/mol. The first-order valence-corrected chi connectivity index (χ1v) is 8.77. The van der Waals surface area contributed by atoms with Gasteiger partial charge in [-0.2, -0.15) is 0 Å². The van der Waals surface area contributed by atoms with E-state index in [1.807, 2.05) is 0 Å². The molecule has 0 aliphatic carbocycles. The molecule has 0 atom stereocenters. The third kappa shape index (κ3) is 3.68. The summed E-state index contributed by atoms with van der Waals surface area (Å²) in [4.78, 5) is 11.9. The van der Waals surface area contributed by atoms with Crippen molar-refractivity contribution >= 4 is 21.6 Å². The highest BCUT2D eigenvalue weighted by atomic mass is 32.2. The van der Waals surface area contributed by atoms with Gasteiger partial charge in [0.1, 0.15) is 12.3 Å². The van der Waals surface area contributed by atoms with Crippen LogP contribution in [0.1, 0.15) is 5.56 Å². The molecule has 0 saturated heterocycles. The molecule has 6 nitrogen and oxygen atoms in total. The average Bonchev–Trinajstić information content (AvgIpc) is 2.59. The van der Waals surface area contributed by atoms with Crippen molar-refractivity contribution in [1.29, 1.82) is 0 Å². The fourth-order valence-electron chi connectivity index (χ4n) is 2.26. The lowest BCUT2D eigenvalue weighted by molar-refractivity contribution is -0.119. The van der Waals surface area contributed by atoms with E-state index in [0.29, 0.717) is 17.0 Å². The molecule has 1 N–H and O–H groups in total. The van der Waals surface area contributed by atoms with Crippen molar-refractivity contribution in [2.24, 2.45) is 0 Å². The highest BCUT2D eigenvalue weighted by molar-refractivity contribution is 7.92. The molecule has 0 aliphatic rings. The summed E-state index contributed by atoms with van der Waals surface area (Å²) in [5.41, 5.74) is 1.13. The van der Waals surface area contributed by atoms with Gasteiger partial charge in [0, 0.05) is 7.05 Å². The number of hydrogen-bond donors (Lipinski definition) is 1. The van der Waals surface area contributed by atoms with Crippen molar-refractivity contribution in [1.82, 2.24) is 5.32 Å². The monoisotopic (exact) mass is 348 g/mol. The highest BCUT2D eigenvalue weighted by Gasteiger charge is 2.27. The Kier molecular flexibility index (Phi) is 5.46. The lowest BCUT2D eigenvalue weighted by Gasteiger charge is -2.24. The number of carbonyl (C=O) groups is 1. The van der Waals surface area contributed by atoms with E-state index in [4.69, 9.17) is 4.74 Å². The minimum Gasteiger partial charge on any atom is -0.496 e. The van der Waals surface area contributed by atoms with Crippen LogP contribution in [0.25, 0.3) is 0 Å². The standard InChI is InChI=1S/C17H20N2O4S/c1-13-11-15(9-10-16(13)23-3)24(21,22)19(12-17(20)18-2)14-7-5-4-6-8-14/h4-11H,12H2,1-3H3,(H,18,20). The topological polar surface area (TPSA) is 75.7 Å². The Morgan fingerprint density at radius 2 is 1.83 bits per heavy atom. The van der Waals surface area contributed by atoms with Gasteiger partial charge in [0.15, 0.2) is 0 Å². The summed E-state index contributed by atoms with van der Waals surface area (Å²) in [6.07, 6.45) is 0. The van der Waals surface area contributed by atoms with Crippen LogP contribution in [0.15, 0.2) is 53.4 Å². The number of carbonyl (C=O) groups excluding carboxylic acids is 1. The predicted molar refractivity (Wildman–Crippen MR) is 92.8 cm³/mol. The van der Waals surface area contributed by atoms with Gasteiger partial charge in [0.2, 0.25) is 5.91 Å². The minimum atomic E-state index is -3.89. The molecule has 0 radical (unpaired) electrons. The molecule has 0 saturated carbocycles. The van der Waals surface area contributed by atoms with Crippen molar-refractivity contribution in [3.8, 4) is 5.75 Å². The quantitative estimate of drug-likeness (QED) is 0.866. The second-order valence-electron chi connectivity index (χ2n) is 5.15. The maximum absolute atomic E-state index is 13.0. The van der Waals surface area contributed by atoms with Crippen LogP contribution in [0.3, 0.4) is 0 Å². The van der Waals surface area contributed by atoms with Crippen molar-refractivity contribution < 1.29 is 17.9 Å². The van der Waals surface area contributed by atoms with Crippen LogP contribution in [0.5, 0.6) is 5.75 Å². The lowest BCUT2D eigenvalue weighted by Crippen LogP contribution is -2.39. The van der Waals surface area contributed by atoms with E-state index in [1.54, 1.807) is 43.3 Å².